The van der Waals surface area contributed by atoms with Gasteiger partial charge >= 0.3 is 84.3 Å². The van der Waals surface area contributed by atoms with Gasteiger partial charge in [-0.25, -0.2) is 19.9 Å². The van der Waals surface area contributed by atoms with Crippen LogP contribution in [0, 0.1) is 48.5 Å². The van der Waals surface area contributed by atoms with Crippen LogP contribution in [0.1, 0.15) is 201 Å². The molecular formula is C124H100N20Pt4. The molecule has 24 rings (SSSR count). The first-order valence-electron chi connectivity index (χ1n) is 48.2. The maximum atomic E-state index is 5.04. The van der Waals surface area contributed by atoms with Gasteiger partial charge in [-0.3, -0.25) is 79.7 Å². The molecule has 0 saturated heterocycles. The number of aromatic nitrogens is 20. The van der Waals surface area contributed by atoms with E-state index >= 15 is 0 Å². The number of nitrogens with zero attached hydrogens (tertiary/aromatic N) is 20. The third kappa shape index (κ3) is 20.7. The van der Waals surface area contributed by atoms with Crippen LogP contribution in [-0.2, 0) is 128 Å². The Morgan fingerprint density at radius 2 is 0.318 bits per heavy atom. The SMILES string of the molecule is CC1(C)c2[c-]c(ccc2)-c2nc(-c3ccccc3)nc(n2)C(C)(C)c2[c-]c(ccc2)-c2nc(-c3ccccc3)nc1n2.CC1(C)c2[c-]c(ccc2)-c2nc(-c3ccccc3)nc(n2)C(C)(C)c2nc(nc(-c3ccccc3)n2)-c2[c-]c1ccc2.CC1(C)c2[c-]c(ccc2)-c2nccc(n2)C(C)(C)c2[c-]c(ccc2)-c2nccc1n2.CC1(C)c2[c-]c(ccc2)-c2nccc(n2)C(C)(C)c2ccnc(n2)-c2[c-]c1ccc2.[Pt+2].[Pt+2].[Pt+2].[Pt+2]. The minimum atomic E-state index is -0.791. The first kappa shape index (κ1) is 105. The molecule has 0 radical (unpaired) electrons. The second kappa shape index (κ2) is 42.2. The number of hydrogen-bond acceptors (Lipinski definition) is 20. The van der Waals surface area contributed by atoms with Gasteiger partial charge in [-0.2, -0.15) is 0 Å². The minimum Gasteiger partial charge on any atom is -0.285 e. The van der Waals surface area contributed by atoms with E-state index in [1.807, 2.05) is 281 Å². The molecule has 0 amide bonds. The van der Waals surface area contributed by atoms with Crippen molar-refractivity contribution in [3.63, 3.8) is 0 Å². The van der Waals surface area contributed by atoms with Crippen LogP contribution < -0.4 is 0 Å². The Morgan fingerprint density at radius 3 is 0.534 bits per heavy atom. The molecule has 20 nitrogen and oxygen atoms in total. The van der Waals surface area contributed by atoms with E-state index in [1.54, 1.807) is 0 Å². The van der Waals surface area contributed by atoms with Crippen molar-refractivity contribution in [3.05, 3.63) is 455 Å². The molecule has 0 atom stereocenters. The topological polar surface area (TPSA) is 258 Å². The third-order valence-corrected chi connectivity index (χ3v) is 27.8. The molecule has 736 valence electrons. The minimum absolute atomic E-state index is 0. The number of rotatable bonds is 4. The van der Waals surface area contributed by atoms with E-state index in [-0.39, 0.29) is 101 Å². The molecule has 0 spiro atoms. The zero-order chi connectivity index (χ0) is 99.7. The smallest absolute Gasteiger partial charge is 0.285 e. The van der Waals surface area contributed by atoms with Crippen molar-refractivity contribution >= 4 is 0 Å². The van der Waals surface area contributed by atoms with Crippen LogP contribution in [0.15, 0.2) is 316 Å². The Labute approximate surface area is 921 Å². The largest absolute Gasteiger partial charge is 2.00 e. The Hall–Kier alpha value is -14.2. The van der Waals surface area contributed by atoms with Crippen LogP contribution in [0.5, 0.6) is 0 Å². The van der Waals surface area contributed by atoms with Crippen LogP contribution in [-0.4, -0.2) is 99.7 Å². The van der Waals surface area contributed by atoms with E-state index in [4.69, 9.17) is 79.7 Å². The molecule has 0 aliphatic carbocycles. The van der Waals surface area contributed by atoms with Gasteiger partial charge in [0, 0.05) is 96.9 Å². The van der Waals surface area contributed by atoms with Gasteiger partial charge in [-0.05, 0) is 62.8 Å². The summed E-state index contributed by atoms with van der Waals surface area (Å²) in [6.07, 6.45) is 7.28. The molecule has 12 heterocycles. The third-order valence-electron chi connectivity index (χ3n) is 27.8. The predicted molar refractivity (Wildman–Crippen MR) is 560 cm³/mol. The predicted octanol–water partition coefficient (Wildman–Crippen LogP) is 24.9. The average molecular weight is 2650 g/mol. The van der Waals surface area contributed by atoms with Gasteiger partial charge in [0.05, 0.1) is 52.0 Å². The van der Waals surface area contributed by atoms with Gasteiger partial charge in [0.1, 0.15) is 23.3 Å². The van der Waals surface area contributed by atoms with Crippen molar-refractivity contribution in [2.45, 2.75) is 154 Å². The van der Waals surface area contributed by atoms with Crippen LogP contribution in [0.4, 0.5) is 0 Å². The van der Waals surface area contributed by atoms with E-state index in [0.29, 0.717) is 93.2 Å². The Morgan fingerprint density at radius 1 is 0.142 bits per heavy atom. The molecule has 0 unspecified atom stereocenters. The van der Waals surface area contributed by atoms with Crippen LogP contribution >= 0.6 is 0 Å². The molecule has 4 aliphatic rings. The summed E-state index contributed by atoms with van der Waals surface area (Å²) >= 11 is 0. The van der Waals surface area contributed by atoms with E-state index in [1.165, 1.54) is 0 Å². The maximum absolute atomic E-state index is 5.04. The van der Waals surface area contributed by atoms with E-state index in [0.717, 1.165) is 134 Å². The second-order valence-corrected chi connectivity index (χ2v) is 40.6. The van der Waals surface area contributed by atoms with E-state index in [9.17, 15) is 0 Å². The fourth-order valence-electron chi connectivity index (χ4n) is 18.1. The summed E-state index contributed by atoms with van der Waals surface area (Å²) in [7, 11) is 0. The van der Waals surface area contributed by atoms with Crippen molar-refractivity contribution in [1.82, 2.24) is 99.7 Å². The van der Waals surface area contributed by atoms with Gasteiger partial charge < -0.3 is 0 Å². The molecule has 0 N–H and O–H groups in total. The quantitative estimate of drug-likeness (QED) is 0.148. The van der Waals surface area contributed by atoms with Gasteiger partial charge in [0.25, 0.3) is 0 Å². The molecule has 12 aromatic carbocycles. The fraction of sp³-hybridized carbons (Fsp3) is 0.194. The molecule has 148 heavy (non-hydrogen) atoms. The summed E-state index contributed by atoms with van der Waals surface area (Å²) in [5, 5.41) is 0. The molecule has 0 saturated carbocycles. The first-order chi connectivity index (χ1) is 69.3. The normalized spacial score (nSPS) is 14.7. The molecule has 24 heteroatoms. The molecule has 20 aromatic rings. The summed E-state index contributed by atoms with van der Waals surface area (Å²) in [4.78, 5) is 97.7. The summed E-state index contributed by atoms with van der Waals surface area (Å²) in [6, 6.07) is 125. The summed E-state index contributed by atoms with van der Waals surface area (Å²) < 4.78 is 0. The summed E-state index contributed by atoms with van der Waals surface area (Å²) in [6.45, 7) is 34.1. The van der Waals surface area contributed by atoms with Crippen molar-refractivity contribution in [2.75, 3.05) is 0 Å². The van der Waals surface area contributed by atoms with Crippen molar-refractivity contribution < 1.29 is 84.3 Å². The summed E-state index contributed by atoms with van der Waals surface area (Å²) in [5.74, 6) is 9.77. The second-order valence-electron chi connectivity index (χ2n) is 40.6. The van der Waals surface area contributed by atoms with Crippen molar-refractivity contribution in [3.8, 4) is 137 Å². The van der Waals surface area contributed by atoms with Gasteiger partial charge in [0.15, 0.2) is 23.3 Å². The fourth-order valence-corrected chi connectivity index (χ4v) is 18.1. The zero-order valence-corrected chi connectivity index (χ0v) is 93.3. The zero-order valence-electron chi connectivity index (χ0n) is 84.2. The van der Waals surface area contributed by atoms with Crippen LogP contribution in [0.2, 0.25) is 0 Å². The van der Waals surface area contributed by atoms with Crippen molar-refractivity contribution in [1.29, 1.82) is 0 Å². The summed E-state index contributed by atoms with van der Waals surface area (Å²) in [5.41, 5.74) is 18.3. The Balaban J connectivity index is 0.000000135. The van der Waals surface area contributed by atoms with Gasteiger partial charge in [0.2, 0.25) is 0 Å². The molecule has 8 aromatic heterocycles. The number of hydrogen-bond donors (Lipinski definition) is 0. The monoisotopic (exact) mass is 2650 g/mol. The standard InChI is InChI=1S/2C36H28N6.2C26H22N4.4Pt/c1-35(2)27-19-11-17-25(21-27)32-38-30(24-15-9-6-10-16-24)40-34(42-32)36(3,4)28-20-12-18-26(22-28)31-37-29(39-33(35)41-31)23-13-7-5-8-14-23;1-35(2)27-19-11-17-25(21-27)31-37-29(23-13-7-5-8-14-23)39-33(41-31)36(3,4)34-40-30(24-15-9-6-10-16-24)38-32(42-34)26-18-12-20-28(35)22-26;1-25(2)19-9-5-7-17(15-19)24-28-14-12-22(30-24)26(3,4)20-10-6-8-18(16-20)23-27-13-11-21(25)29-23;1-25(2)19-9-5-7-17(15-19)23-27-13-11-21(29-23)26(3,4)22-12-14-28-24(30-22)18-8-6-10-20(25)16-18;;;;/h2*5-20H,1-4H3;2*5-14H,1-4H3;;;;/q4*-2;4*+2. The van der Waals surface area contributed by atoms with Crippen LogP contribution in [0.25, 0.3) is 137 Å². The van der Waals surface area contributed by atoms with E-state index < -0.39 is 27.1 Å². The Bertz CT molecular complexity index is 7440. The molecule has 0 fully saturated rings. The molecule has 32 bridgehead atoms. The average Bonchev–Trinajstić information content (AvgIpc) is 0.751. The van der Waals surface area contributed by atoms with Gasteiger partial charge in [-0.15, -0.1) is 283 Å². The van der Waals surface area contributed by atoms with Crippen molar-refractivity contribution in [2.24, 2.45) is 0 Å². The Kier molecular flexibility index (Phi) is 30.0. The van der Waals surface area contributed by atoms with Crippen LogP contribution in [0.3, 0.4) is 0 Å². The van der Waals surface area contributed by atoms with Gasteiger partial charge in [-0.1, -0.05) is 204 Å². The number of benzene rings is 12. The molecular weight excluding hydrogens is 2550 g/mol. The maximum Gasteiger partial charge on any atom is 2.00 e. The number of fused-ring (bicyclic) bond motifs is 40. The van der Waals surface area contributed by atoms with E-state index in [2.05, 4.69) is 214 Å². The molecule has 4 aliphatic heterocycles. The first-order valence-corrected chi connectivity index (χ1v) is 48.2.